The van der Waals surface area contributed by atoms with Crippen molar-refractivity contribution >= 4 is 39.0 Å². The molecule has 3 aromatic rings. The number of thiophene rings is 1. The first-order valence-corrected chi connectivity index (χ1v) is 10.6. The number of benzene rings is 1. The summed E-state index contributed by atoms with van der Waals surface area (Å²) < 4.78 is 13.1. The maximum atomic E-state index is 13.1. The Morgan fingerprint density at radius 1 is 1.17 bits per heavy atom. The fourth-order valence-electron chi connectivity index (χ4n) is 3.52. The molecule has 29 heavy (non-hydrogen) atoms. The molecule has 0 radical (unpaired) electrons. The number of carbonyl (C=O) groups excluding carboxylic acids is 1. The zero-order valence-corrected chi connectivity index (χ0v) is 17.4. The number of anilines is 2. The summed E-state index contributed by atoms with van der Waals surface area (Å²) in [4.78, 5) is 28.0. The van der Waals surface area contributed by atoms with Crippen LogP contribution in [0.2, 0.25) is 0 Å². The van der Waals surface area contributed by atoms with Crippen LogP contribution in [0.1, 0.15) is 17.6 Å². The van der Waals surface area contributed by atoms with Crippen LogP contribution in [0.5, 0.6) is 0 Å². The molecule has 1 aromatic carbocycles. The highest BCUT2D eigenvalue weighted by Crippen LogP contribution is 2.29. The summed E-state index contributed by atoms with van der Waals surface area (Å²) in [5, 5.41) is 4.20. The molecule has 8 heteroatoms. The number of piperazine rings is 1. The molecule has 4 rings (SSSR count). The molecular formula is C21H24FN5OS. The lowest BCUT2D eigenvalue weighted by Gasteiger charge is -2.36. The Morgan fingerprint density at radius 2 is 1.90 bits per heavy atom. The lowest BCUT2D eigenvalue weighted by Crippen LogP contribution is -2.50. The van der Waals surface area contributed by atoms with Gasteiger partial charge in [-0.05, 0) is 43.7 Å². The Morgan fingerprint density at radius 3 is 2.59 bits per heavy atom. The summed E-state index contributed by atoms with van der Waals surface area (Å²) >= 11 is 1.67. The van der Waals surface area contributed by atoms with E-state index < -0.39 is 0 Å². The van der Waals surface area contributed by atoms with Crippen LogP contribution in [0.3, 0.4) is 0 Å². The van der Waals surface area contributed by atoms with Gasteiger partial charge in [-0.2, -0.15) is 0 Å². The molecule has 0 aliphatic carbocycles. The van der Waals surface area contributed by atoms with Gasteiger partial charge < -0.3 is 15.1 Å². The summed E-state index contributed by atoms with van der Waals surface area (Å²) in [6, 6.07) is 8.60. The van der Waals surface area contributed by atoms with Crippen LogP contribution < -0.4 is 10.2 Å². The topological polar surface area (TPSA) is 61.4 Å². The number of fused-ring (bicyclic) bond motifs is 1. The molecule has 1 amide bonds. The minimum Gasteiger partial charge on any atom is -0.368 e. The first-order valence-electron chi connectivity index (χ1n) is 9.82. The van der Waals surface area contributed by atoms with Gasteiger partial charge in [-0.15, -0.1) is 11.3 Å². The average molecular weight is 414 g/mol. The van der Waals surface area contributed by atoms with Gasteiger partial charge in [0, 0.05) is 36.7 Å². The van der Waals surface area contributed by atoms with Crippen LogP contribution in [0, 0.1) is 12.7 Å². The Balaban J connectivity index is 1.36. The Bertz CT molecular complexity index is 1010. The minimum absolute atomic E-state index is 0.0547. The molecule has 152 valence electrons. The van der Waals surface area contributed by atoms with E-state index in [4.69, 9.17) is 0 Å². The van der Waals surface area contributed by atoms with E-state index in [1.54, 1.807) is 23.5 Å². The average Bonchev–Trinajstić information content (AvgIpc) is 3.15. The molecule has 1 N–H and O–H groups in total. The van der Waals surface area contributed by atoms with Crippen LogP contribution >= 0.6 is 11.3 Å². The molecule has 0 bridgehead atoms. The highest BCUT2D eigenvalue weighted by molar-refractivity contribution is 7.18. The van der Waals surface area contributed by atoms with Crippen LogP contribution in [0.4, 0.5) is 15.9 Å². The minimum atomic E-state index is -0.237. The smallest absolute Gasteiger partial charge is 0.242 e. The first-order chi connectivity index (χ1) is 14.0. The highest BCUT2D eigenvalue weighted by atomic mass is 32.1. The number of aromatic nitrogens is 2. The van der Waals surface area contributed by atoms with E-state index in [2.05, 4.69) is 33.2 Å². The van der Waals surface area contributed by atoms with Gasteiger partial charge in [0.15, 0.2) is 0 Å². The number of rotatable bonds is 5. The molecule has 6 nitrogen and oxygen atoms in total. The van der Waals surface area contributed by atoms with Gasteiger partial charge in [0.05, 0.1) is 11.9 Å². The zero-order chi connectivity index (χ0) is 20.4. The molecule has 0 spiro atoms. The number of hydrogen-bond donors (Lipinski definition) is 1. The number of carbonyl (C=O) groups is 1. The summed E-state index contributed by atoms with van der Waals surface area (Å²) in [5.74, 6) is 1.24. The summed E-state index contributed by atoms with van der Waals surface area (Å²) in [6.45, 7) is 6.96. The zero-order valence-electron chi connectivity index (χ0n) is 16.6. The van der Waals surface area contributed by atoms with Crippen molar-refractivity contribution in [3.63, 3.8) is 0 Å². The van der Waals surface area contributed by atoms with Crippen molar-refractivity contribution in [2.24, 2.45) is 0 Å². The maximum Gasteiger partial charge on any atom is 0.242 e. The Hall–Kier alpha value is -2.74. The molecule has 1 aliphatic rings. The van der Waals surface area contributed by atoms with Gasteiger partial charge in [-0.25, -0.2) is 14.4 Å². The number of halogens is 1. The molecular weight excluding hydrogens is 389 g/mol. The van der Waals surface area contributed by atoms with Gasteiger partial charge in [-0.1, -0.05) is 6.92 Å². The molecule has 1 saturated heterocycles. The van der Waals surface area contributed by atoms with Gasteiger partial charge in [0.25, 0.3) is 0 Å². The van der Waals surface area contributed by atoms with E-state index in [-0.39, 0.29) is 18.3 Å². The Kier molecular flexibility index (Phi) is 5.62. The summed E-state index contributed by atoms with van der Waals surface area (Å²) in [5.41, 5.74) is 0.986. The van der Waals surface area contributed by atoms with Crippen molar-refractivity contribution < 1.29 is 9.18 Å². The molecule has 3 heterocycles. The lowest BCUT2D eigenvalue weighted by molar-refractivity contribution is -0.129. The maximum absolute atomic E-state index is 13.1. The third-order valence-electron chi connectivity index (χ3n) is 5.14. The van der Waals surface area contributed by atoms with Crippen molar-refractivity contribution in [3.05, 3.63) is 46.9 Å². The number of nitrogens with one attached hydrogen (secondary N) is 1. The van der Waals surface area contributed by atoms with E-state index in [1.807, 2.05) is 11.8 Å². The van der Waals surface area contributed by atoms with E-state index in [0.717, 1.165) is 41.2 Å². The standard InChI is InChI=1S/C21H24FN5OS/c1-3-17-12-18-20(24-14(2)25-21(18)29-17)23-13-19(28)27-10-8-26(9-11-27)16-6-4-15(22)5-7-16/h4-7,12H,3,8-11,13H2,1-2H3,(H,23,24,25). The number of nitrogens with zero attached hydrogens (tertiary/aromatic N) is 4. The van der Waals surface area contributed by atoms with Crippen molar-refractivity contribution in [1.29, 1.82) is 0 Å². The fraction of sp³-hybridized carbons (Fsp3) is 0.381. The van der Waals surface area contributed by atoms with Crippen LogP contribution in [-0.4, -0.2) is 53.5 Å². The van der Waals surface area contributed by atoms with E-state index >= 15 is 0 Å². The number of amides is 1. The third kappa shape index (κ3) is 4.32. The van der Waals surface area contributed by atoms with Crippen molar-refractivity contribution in [1.82, 2.24) is 14.9 Å². The SMILES string of the molecule is CCc1cc2c(NCC(=O)N3CCN(c4ccc(F)cc4)CC3)nc(C)nc2s1. The summed E-state index contributed by atoms with van der Waals surface area (Å²) in [6.07, 6.45) is 0.955. The molecule has 0 unspecified atom stereocenters. The molecule has 2 aromatic heterocycles. The van der Waals surface area contributed by atoms with Crippen molar-refractivity contribution in [2.75, 3.05) is 42.9 Å². The second kappa shape index (κ2) is 8.32. The molecule has 1 aliphatic heterocycles. The quantitative estimate of drug-likeness (QED) is 0.694. The van der Waals surface area contributed by atoms with Crippen LogP contribution in [-0.2, 0) is 11.2 Å². The molecule has 0 saturated carbocycles. The third-order valence-corrected chi connectivity index (χ3v) is 6.31. The number of aryl methyl sites for hydroxylation is 2. The van der Waals surface area contributed by atoms with Crippen LogP contribution in [0.15, 0.2) is 30.3 Å². The number of hydrogen-bond acceptors (Lipinski definition) is 6. The predicted octanol–water partition coefficient (Wildman–Crippen LogP) is 3.46. The van der Waals surface area contributed by atoms with Gasteiger partial charge in [0.2, 0.25) is 5.91 Å². The van der Waals surface area contributed by atoms with Gasteiger partial charge in [0.1, 0.15) is 22.3 Å². The fourth-order valence-corrected chi connectivity index (χ4v) is 4.54. The second-order valence-corrected chi connectivity index (χ2v) is 8.22. The van der Waals surface area contributed by atoms with Gasteiger partial charge in [-0.3, -0.25) is 4.79 Å². The normalized spacial score (nSPS) is 14.4. The largest absolute Gasteiger partial charge is 0.368 e. The van der Waals surface area contributed by atoms with Crippen molar-refractivity contribution in [2.45, 2.75) is 20.3 Å². The van der Waals surface area contributed by atoms with Crippen molar-refractivity contribution in [3.8, 4) is 0 Å². The monoisotopic (exact) mass is 413 g/mol. The van der Waals surface area contributed by atoms with E-state index in [0.29, 0.717) is 18.9 Å². The summed E-state index contributed by atoms with van der Waals surface area (Å²) in [7, 11) is 0. The van der Waals surface area contributed by atoms with E-state index in [9.17, 15) is 9.18 Å². The van der Waals surface area contributed by atoms with Crippen LogP contribution in [0.25, 0.3) is 10.2 Å². The highest BCUT2D eigenvalue weighted by Gasteiger charge is 2.21. The van der Waals surface area contributed by atoms with Gasteiger partial charge >= 0.3 is 0 Å². The second-order valence-electron chi connectivity index (χ2n) is 7.10. The molecule has 0 atom stereocenters. The first kappa shape index (κ1) is 19.6. The molecule has 1 fully saturated rings. The van der Waals surface area contributed by atoms with E-state index in [1.165, 1.54) is 17.0 Å². The predicted molar refractivity (Wildman–Crippen MR) is 115 cm³/mol. The Labute approximate surface area is 173 Å². The lowest BCUT2D eigenvalue weighted by atomic mass is 10.2.